The van der Waals surface area contributed by atoms with E-state index in [2.05, 4.69) is 15.0 Å². The molecule has 4 aromatic rings. The average molecular weight is 446 g/mol. The van der Waals surface area contributed by atoms with E-state index in [4.69, 9.17) is 0 Å². The summed E-state index contributed by atoms with van der Waals surface area (Å²) >= 11 is 1.38. The predicted octanol–water partition coefficient (Wildman–Crippen LogP) is 2.52. The molecule has 154 valence electrons. The van der Waals surface area contributed by atoms with Crippen LogP contribution in [0.5, 0.6) is 0 Å². The van der Waals surface area contributed by atoms with Crippen LogP contribution in [0.4, 0.5) is 10.1 Å². The number of rotatable bonds is 5. The Bertz CT molecular complexity index is 1460. The van der Waals surface area contributed by atoms with Crippen LogP contribution < -0.4 is 15.6 Å². The van der Waals surface area contributed by atoms with Gasteiger partial charge in [-0.1, -0.05) is 0 Å². The fraction of sp³-hybridized carbons (Fsp3) is 0.105. The van der Waals surface area contributed by atoms with Crippen molar-refractivity contribution in [2.75, 3.05) is 4.31 Å². The smallest absolute Gasteiger partial charge is 0.307 e. The Kier molecular flexibility index (Phi) is 5.00. The molecule has 0 spiro atoms. The molecule has 2 aromatic heterocycles. The molecule has 0 saturated heterocycles. The first kappa shape index (κ1) is 20.0. The van der Waals surface area contributed by atoms with Gasteiger partial charge in [-0.25, -0.2) is 22.6 Å². The maximum absolute atomic E-state index is 13.5. The van der Waals surface area contributed by atoms with Gasteiger partial charge in [-0.15, -0.1) is 11.3 Å². The van der Waals surface area contributed by atoms with Crippen molar-refractivity contribution in [2.24, 2.45) is 0 Å². The number of hydrogen-bond acceptors (Lipinski definition) is 6. The molecule has 2 N–H and O–H groups in total. The number of fused-ring (bicyclic) bond motifs is 1. The number of sulfonamides is 1. The van der Waals surface area contributed by atoms with Gasteiger partial charge in [-0.05, 0) is 49.4 Å². The van der Waals surface area contributed by atoms with Crippen molar-refractivity contribution >= 4 is 38.0 Å². The largest absolute Gasteiger partial charge is 0.326 e. The van der Waals surface area contributed by atoms with Gasteiger partial charge in [0.2, 0.25) is 0 Å². The molecule has 0 radical (unpaired) electrons. The van der Waals surface area contributed by atoms with E-state index in [1.165, 1.54) is 53.8 Å². The quantitative estimate of drug-likeness (QED) is 0.489. The van der Waals surface area contributed by atoms with Crippen molar-refractivity contribution in [3.8, 4) is 0 Å². The van der Waals surface area contributed by atoms with Crippen LogP contribution >= 0.6 is 11.3 Å². The summed E-state index contributed by atoms with van der Waals surface area (Å²) in [5.74, 6) is -0.498. The molecule has 8 nitrogen and oxygen atoms in total. The SMILES string of the molecule is Cc1nc(CN(c2ccc(F)cc2)S(=O)(=O)c2ccc3[nH]c(=O)[nH]c(=O)c3c2)cs1. The van der Waals surface area contributed by atoms with Crippen molar-refractivity contribution in [2.45, 2.75) is 18.4 Å². The van der Waals surface area contributed by atoms with Gasteiger partial charge in [0.25, 0.3) is 15.6 Å². The topological polar surface area (TPSA) is 116 Å². The molecule has 11 heteroatoms. The first-order valence-electron chi connectivity index (χ1n) is 8.70. The number of thiazole rings is 1. The Morgan fingerprint density at radius 3 is 2.50 bits per heavy atom. The lowest BCUT2D eigenvalue weighted by Crippen LogP contribution is -2.31. The predicted molar refractivity (Wildman–Crippen MR) is 112 cm³/mol. The second kappa shape index (κ2) is 7.50. The van der Waals surface area contributed by atoms with Crippen molar-refractivity contribution in [3.05, 3.63) is 85.2 Å². The van der Waals surface area contributed by atoms with E-state index in [-0.39, 0.29) is 28.0 Å². The molecule has 2 heterocycles. The van der Waals surface area contributed by atoms with Gasteiger partial charge >= 0.3 is 5.69 Å². The lowest BCUT2D eigenvalue weighted by Gasteiger charge is -2.24. The molecule has 0 amide bonds. The lowest BCUT2D eigenvalue weighted by molar-refractivity contribution is 0.589. The summed E-state index contributed by atoms with van der Waals surface area (Å²) in [6.07, 6.45) is 0. The highest BCUT2D eigenvalue weighted by molar-refractivity contribution is 7.92. The van der Waals surface area contributed by atoms with Gasteiger partial charge in [0.15, 0.2) is 0 Å². The van der Waals surface area contributed by atoms with E-state index in [0.717, 1.165) is 9.31 Å². The Morgan fingerprint density at radius 1 is 1.10 bits per heavy atom. The van der Waals surface area contributed by atoms with Crippen LogP contribution in [0.25, 0.3) is 10.9 Å². The van der Waals surface area contributed by atoms with Crippen LogP contribution in [0, 0.1) is 12.7 Å². The van der Waals surface area contributed by atoms with E-state index < -0.39 is 27.1 Å². The van der Waals surface area contributed by atoms with Crippen LogP contribution in [0.2, 0.25) is 0 Å². The fourth-order valence-corrected chi connectivity index (χ4v) is 5.05. The maximum atomic E-state index is 13.5. The molecular formula is C19H15FN4O4S2. The lowest BCUT2D eigenvalue weighted by atomic mass is 10.2. The summed E-state index contributed by atoms with van der Waals surface area (Å²) in [6.45, 7) is 1.74. The van der Waals surface area contributed by atoms with Gasteiger partial charge in [0.05, 0.1) is 38.7 Å². The number of hydrogen-bond donors (Lipinski definition) is 2. The average Bonchev–Trinajstić information content (AvgIpc) is 3.11. The number of H-pyrrole nitrogens is 2. The van der Waals surface area contributed by atoms with Crippen molar-refractivity contribution in [1.82, 2.24) is 15.0 Å². The highest BCUT2D eigenvalue weighted by Gasteiger charge is 2.27. The Labute approximate surface area is 173 Å². The van der Waals surface area contributed by atoms with Gasteiger partial charge in [-0.3, -0.25) is 14.1 Å². The van der Waals surface area contributed by atoms with Gasteiger partial charge in [0, 0.05) is 5.38 Å². The van der Waals surface area contributed by atoms with Gasteiger partial charge in [0.1, 0.15) is 5.82 Å². The minimum absolute atomic E-state index is 0.0271. The van der Waals surface area contributed by atoms with E-state index in [1.807, 2.05) is 0 Å². The summed E-state index contributed by atoms with van der Waals surface area (Å²) in [5, 5.41) is 2.55. The number of benzene rings is 2. The number of halogens is 1. The third kappa shape index (κ3) is 3.76. The number of anilines is 1. The maximum Gasteiger partial charge on any atom is 0.326 e. The van der Waals surface area contributed by atoms with Crippen LogP contribution in [0.15, 0.2) is 62.3 Å². The number of aromatic amines is 2. The summed E-state index contributed by atoms with van der Waals surface area (Å²) in [7, 11) is -4.14. The third-order valence-corrected chi connectivity index (χ3v) is 6.98. The molecule has 0 aliphatic rings. The molecule has 4 rings (SSSR count). The standard InChI is InChI=1S/C19H15FN4O4S2/c1-11-21-13(10-29-11)9-24(14-4-2-12(20)3-5-14)30(27,28)15-6-7-17-16(8-15)18(25)23-19(26)22-17/h2-8,10H,9H2,1H3,(H2,22,23,25,26). The van der Waals surface area contributed by atoms with E-state index in [0.29, 0.717) is 5.69 Å². The summed E-state index contributed by atoms with van der Waals surface area (Å²) in [6, 6.07) is 8.90. The zero-order valence-corrected chi connectivity index (χ0v) is 17.2. The van der Waals surface area contributed by atoms with Gasteiger partial charge in [-0.2, -0.15) is 0 Å². The minimum atomic E-state index is -4.14. The van der Waals surface area contributed by atoms with Gasteiger partial charge < -0.3 is 4.98 Å². The molecular weight excluding hydrogens is 431 g/mol. The molecule has 0 aliphatic carbocycles. The number of aromatic nitrogens is 3. The first-order chi connectivity index (χ1) is 14.2. The molecule has 0 unspecified atom stereocenters. The van der Waals surface area contributed by atoms with E-state index >= 15 is 0 Å². The molecule has 30 heavy (non-hydrogen) atoms. The second-order valence-electron chi connectivity index (χ2n) is 6.46. The monoisotopic (exact) mass is 446 g/mol. The van der Waals surface area contributed by atoms with Crippen LogP contribution in [-0.2, 0) is 16.6 Å². The number of nitrogens with one attached hydrogen (secondary N) is 2. The molecule has 0 fully saturated rings. The molecule has 0 aliphatic heterocycles. The highest BCUT2D eigenvalue weighted by atomic mass is 32.2. The second-order valence-corrected chi connectivity index (χ2v) is 9.39. The third-order valence-electron chi connectivity index (χ3n) is 4.39. The normalized spacial score (nSPS) is 11.7. The Hall–Kier alpha value is -3.31. The van der Waals surface area contributed by atoms with Crippen molar-refractivity contribution in [1.29, 1.82) is 0 Å². The first-order valence-corrected chi connectivity index (χ1v) is 11.0. The zero-order chi connectivity index (χ0) is 21.5. The van der Waals surface area contributed by atoms with Crippen molar-refractivity contribution in [3.63, 3.8) is 0 Å². The van der Waals surface area contributed by atoms with Crippen LogP contribution in [0.3, 0.4) is 0 Å². The zero-order valence-electron chi connectivity index (χ0n) is 15.5. The molecule has 0 saturated carbocycles. The fourth-order valence-electron chi connectivity index (χ4n) is 2.98. The van der Waals surface area contributed by atoms with E-state index in [9.17, 15) is 22.4 Å². The summed E-state index contributed by atoms with van der Waals surface area (Å²) in [4.78, 5) is 32.2. The number of aryl methyl sites for hydroxylation is 1. The van der Waals surface area contributed by atoms with E-state index in [1.54, 1.807) is 12.3 Å². The highest BCUT2D eigenvalue weighted by Crippen LogP contribution is 2.27. The Morgan fingerprint density at radius 2 is 1.83 bits per heavy atom. The summed E-state index contributed by atoms with van der Waals surface area (Å²) < 4.78 is 41.5. The van der Waals surface area contributed by atoms with Crippen molar-refractivity contribution < 1.29 is 12.8 Å². The van der Waals surface area contributed by atoms with Crippen LogP contribution in [-0.4, -0.2) is 23.4 Å². The molecule has 2 aromatic carbocycles. The number of nitrogens with zero attached hydrogens (tertiary/aromatic N) is 2. The minimum Gasteiger partial charge on any atom is -0.307 e. The molecule has 0 bridgehead atoms. The summed E-state index contributed by atoms with van der Waals surface area (Å²) in [5.41, 5.74) is -0.388. The molecule has 0 atom stereocenters. The van der Waals surface area contributed by atoms with Crippen LogP contribution in [0.1, 0.15) is 10.7 Å². The Balaban J connectivity index is 1.86.